The molecule has 0 aromatic rings. The molecular formula is C10H15F3O2. The number of esters is 1. The van der Waals surface area contributed by atoms with Gasteiger partial charge in [-0.05, 0) is 13.3 Å². The zero-order chi connectivity index (χ0) is 11.9. The molecule has 0 aliphatic carbocycles. The first-order valence-electron chi connectivity index (χ1n) is 4.88. The van der Waals surface area contributed by atoms with E-state index in [0.717, 1.165) is 12.5 Å². The fraction of sp³-hybridized carbons (Fsp3) is 0.700. The molecule has 0 bridgehead atoms. The highest BCUT2D eigenvalue weighted by molar-refractivity contribution is 5.89. The predicted octanol–water partition coefficient (Wildman–Crippen LogP) is 3.23. The van der Waals surface area contributed by atoms with Crippen LogP contribution in [0.15, 0.2) is 11.6 Å². The van der Waals surface area contributed by atoms with E-state index in [2.05, 4.69) is 4.74 Å². The Hall–Kier alpha value is -1.00. The van der Waals surface area contributed by atoms with Gasteiger partial charge in [0, 0.05) is 0 Å². The smallest absolute Gasteiger partial charge is 0.423 e. The highest BCUT2D eigenvalue weighted by atomic mass is 19.4. The topological polar surface area (TPSA) is 26.3 Å². The van der Waals surface area contributed by atoms with Crippen molar-refractivity contribution in [2.75, 3.05) is 6.61 Å². The van der Waals surface area contributed by atoms with Crippen LogP contribution in [0.4, 0.5) is 13.2 Å². The van der Waals surface area contributed by atoms with Crippen LogP contribution in [0, 0.1) is 0 Å². The number of carbonyl (C=O) groups is 1. The van der Waals surface area contributed by atoms with Gasteiger partial charge in [-0.3, -0.25) is 0 Å². The van der Waals surface area contributed by atoms with E-state index in [0.29, 0.717) is 6.42 Å². The largest absolute Gasteiger partial charge is 0.462 e. The molecule has 0 saturated carbocycles. The fourth-order valence-electron chi connectivity index (χ4n) is 0.974. The first-order valence-corrected chi connectivity index (χ1v) is 4.88. The van der Waals surface area contributed by atoms with Gasteiger partial charge >= 0.3 is 12.1 Å². The predicted molar refractivity (Wildman–Crippen MR) is 50.3 cm³/mol. The molecular weight excluding hydrogens is 209 g/mol. The van der Waals surface area contributed by atoms with Crippen LogP contribution in [0.1, 0.15) is 33.1 Å². The van der Waals surface area contributed by atoms with Gasteiger partial charge in [-0.25, -0.2) is 4.79 Å². The summed E-state index contributed by atoms with van der Waals surface area (Å²) in [6.07, 6.45) is -2.07. The van der Waals surface area contributed by atoms with Crippen LogP contribution in [-0.2, 0) is 9.53 Å². The minimum Gasteiger partial charge on any atom is -0.462 e. The number of allylic oxidation sites excluding steroid dienone is 1. The summed E-state index contributed by atoms with van der Waals surface area (Å²) in [6, 6.07) is 0. The summed E-state index contributed by atoms with van der Waals surface area (Å²) in [5.74, 6) is -1.29. The third-order valence-corrected chi connectivity index (χ3v) is 1.71. The molecule has 5 heteroatoms. The van der Waals surface area contributed by atoms with Crippen molar-refractivity contribution in [2.24, 2.45) is 0 Å². The van der Waals surface area contributed by atoms with Crippen LogP contribution < -0.4 is 0 Å². The minimum atomic E-state index is -4.63. The third kappa shape index (κ3) is 5.44. The Labute approximate surface area is 87.1 Å². The summed E-state index contributed by atoms with van der Waals surface area (Å²) in [4.78, 5) is 11.0. The van der Waals surface area contributed by atoms with Crippen molar-refractivity contribution >= 4 is 5.97 Å². The Balaban J connectivity index is 4.58. The lowest BCUT2D eigenvalue weighted by Crippen LogP contribution is -2.22. The second-order valence-electron chi connectivity index (χ2n) is 2.98. The number of hydrogen-bond donors (Lipinski definition) is 0. The van der Waals surface area contributed by atoms with Gasteiger partial charge in [-0.15, -0.1) is 0 Å². The number of alkyl halides is 3. The summed E-state index contributed by atoms with van der Waals surface area (Å²) >= 11 is 0. The molecule has 0 aliphatic heterocycles. The average molecular weight is 224 g/mol. The summed E-state index contributed by atoms with van der Waals surface area (Å²) < 4.78 is 41.4. The van der Waals surface area contributed by atoms with Gasteiger partial charge in [0.25, 0.3) is 0 Å². The molecule has 0 N–H and O–H groups in total. The highest BCUT2D eigenvalue weighted by Crippen LogP contribution is 2.27. The zero-order valence-corrected chi connectivity index (χ0v) is 8.86. The van der Waals surface area contributed by atoms with Crippen molar-refractivity contribution in [2.45, 2.75) is 39.3 Å². The molecule has 0 fully saturated rings. The quantitative estimate of drug-likeness (QED) is 0.407. The summed E-state index contributed by atoms with van der Waals surface area (Å²) in [5.41, 5.74) is -1.20. The maximum absolute atomic E-state index is 12.4. The van der Waals surface area contributed by atoms with Gasteiger partial charge in [0.05, 0.1) is 6.61 Å². The Morgan fingerprint density at radius 3 is 2.33 bits per heavy atom. The molecule has 0 unspecified atom stereocenters. The molecule has 15 heavy (non-hydrogen) atoms. The van der Waals surface area contributed by atoms with Crippen molar-refractivity contribution in [3.05, 3.63) is 11.6 Å². The van der Waals surface area contributed by atoms with Gasteiger partial charge in [0.2, 0.25) is 0 Å². The molecule has 0 rings (SSSR count). The molecule has 0 aliphatic rings. The molecule has 0 atom stereocenters. The lowest BCUT2D eigenvalue weighted by atomic mass is 10.1. The van der Waals surface area contributed by atoms with Crippen LogP contribution in [0.2, 0.25) is 0 Å². The van der Waals surface area contributed by atoms with Crippen molar-refractivity contribution < 1.29 is 22.7 Å². The van der Waals surface area contributed by atoms with E-state index in [4.69, 9.17) is 0 Å². The van der Waals surface area contributed by atoms with E-state index in [9.17, 15) is 18.0 Å². The molecule has 0 heterocycles. The molecule has 0 amide bonds. The Kier molecular flexibility index (Phi) is 6.05. The maximum atomic E-state index is 12.4. The molecule has 0 radical (unpaired) electrons. The Morgan fingerprint density at radius 1 is 1.33 bits per heavy atom. The standard InChI is InChI=1S/C10H15F3O2/c1-3-5-6-7-8(10(11,12)13)9(14)15-4-2/h7H,3-6H2,1-2H3. The van der Waals surface area contributed by atoms with Crippen molar-refractivity contribution in [1.82, 2.24) is 0 Å². The maximum Gasteiger partial charge on any atom is 0.423 e. The first kappa shape index (κ1) is 14.0. The van der Waals surface area contributed by atoms with Gasteiger partial charge < -0.3 is 4.74 Å². The Morgan fingerprint density at radius 2 is 1.93 bits per heavy atom. The minimum absolute atomic E-state index is 0.0555. The van der Waals surface area contributed by atoms with Crippen molar-refractivity contribution in [1.29, 1.82) is 0 Å². The number of halogens is 3. The second kappa shape index (κ2) is 6.48. The molecule has 88 valence electrons. The van der Waals surface area contributed by atoms with E-state index in [1.54, 1.807) is 0 Å². The lowest BCUT2D eigenvalue weighted by molar-refractivity contribution is -0.150. The number of carbonyl (C=O) groups excluding carboxylic acids is 1. The normalized spacial score (nSPS) is 12.7. The summed E-state index contributed by atoms with van der Waals surface area (Å²) in [7, 11) is 0. The van der Waals surface area contributed by atoms with Crippen LogP contribution in [-0.4, -0.2) is 18.8 Å². The van der Waals surface area contributed by atoms with Crippen LogP contribution in [0.25, 0.3) is 0 Å². The number of unbranched alkanes of at least 4 members (excludes halogenated alkanes) is 2. The summed E-state index contributed by atoms with van der Waals surface area (Å²) in [5, 5.41) is 0. The second-order valence-corrected chi connectivity index (χ2v) is 2.98. The fourth-order valence-corrected chi connectivity index (χ4v) is 0.974. The molecule has 0 aromatic heterocycles. The van der Waals surface area contributed by atoms with Crippen LogP contribution in [0.5, 0.6) is 0 Å². The highest BCUT2D eigenvalue weighted by Gasteiger charge is 2.39. The van der Waals surface area contributed by atoms with E-state index in [-0.39, 0.29) is 13.0 Å². The number of hydrogen-bond acceptors (Lipinski definition) is 2. The SMILES string of the molecule is CCCCC=C(C(=O)OCC)C(F)(F)F. The molecule has 0 saturated heterocycles. The molecule has 0 spiro atoms. The van der Waals surface area contributed by atoms with E-state index >= 15 is 0 Å². The average Bonchev–Trinajstić information content (AvgIpc) is 2.10. The van der Waals surface area contributed by atoms with Crippen LogP contribution >= 0.6 is 0 Å². The molecule has 0 aromatic carbocycles. The van der Waals surface area contributed by atoms with Crippen molar-refractivity contribution in [3.8, 4) is 0 Å². The molecule has 2 nitrogen and oxygen atoms in total. The Bertz CT molecular complexity index is 231. The van der Waals surface area contributed by atoms with Gasteiger partial charge in [0.15, 0.2) is 0 Å². The number of rotatable bonds is 5. The van der Waals surface area contributed by atoms with E-state index < -0.39 is 17.7 Å². The zero-order valence-electron chi connectivity index (χ0n) is 8.86. The van der Waals surface area contributed by atoms with Gasteiger partial charge in [0.1, 0.15) is 5.57 Å². The van der Waals surface area contributed by atoms with E-state index in [1.165, 1.54) is 6.92 Å². The van der Waals surface area contributed by atoms with Crippen LogP contribution in [0.3, 0.4) is 0 Å². The van der Waals surface area contributed by atoms with Crippen molar-refractivity contribution in [3.63, 3.8) is 0 Å². The first-order chi connectivity index (χ1) is 6.93. The van der Waals surface area contributed by atoms with E-state index in [1.807, 2.05) is 6.92 Å². The van der Waals surface area contributed by atoms with Gasteiger partial charge in [-0.2, -0.15) is 13.2 Å². The summed E-state index contributed by atoms with van der Waals surface area (Å²) in [6.45, 7) is 3.28. The monoisotopic (exact) mass is 224 g/mol. The lowest BCUT2D eigenvalue weighted by Gasteiger charge is -2.10. The third-order valence-electron chi connectivity index (χ3n) is 1.71. The van der Waals surface area contributed by atoms with Gasteiger partial charge in [-0.1, -0.05) is 25.8 Å². The number of ether oxygens (including phenoxy) is 1.